The summed E-state index contributed by atoms with van der Waals surface area (Å²) in [5.74, 6) is 0.868. The first kappa shape index (κ1) is 14.0. The van der Waals surface area contributed by atoms with Gasteiger partial charge in [0.2, 0.25) is 0 Å². The van der Waals surface area contributed by atoms with Gasteiger partial charge in [-0.3, -0.25) is 9.69 Å². The predicted molar refractivity (Wildman–Crippen MR) is 72.6 cm³/mol. The maximum atomic E-state index is 12.7. The minimum absolute atomic E-state index is 0.0271. The zero-order valence-corrected chi connectivity index (χ0v) is 12.6. The maximum absolute atomic E-state index is 12.7. The predicted octanol–water partition coefficient (Wildman–Crippen LogP) is 2.49. The van der Waals surface area contributed by atoms with Crippen molar-refractivity contribution in [3.63, 3.8) is 0 Å². The summed E-state index contributed by atoms with van der Waals surface area (Å²) >= 11 is 0. The molecule has 2 aliphatic rings. The first-order chi connectivity index (χ1) is 8.12. The minimum atomic E-state index is -0.297. The molecule has 3 atom stereocenters. The van der Waals surface area contributed by atoms with E-state index in [1.165, 1.54) is 0 Å². The van der Waals surface area contributed by atoms with Crippen LogP contribution in [0, 0.1) is 11.3 Å². The molecule has 104 valence electrons. The number of hydrogen-bond donors (Lipinski definition) is 0. The van der Waals surface area contributed by atoms with E-state index in [1.807, 2.05) is 20.8 Å². The van der Waals surface area contributed by atoms with Crippen LogP contribution in [0.3, 0.4) is 0 Å². The van der Waals surface area contributed by atoms with Crippen LogP contribution >= 0.6 is 0 Å². The topological polar surface area (TPSA) is 29.5 Å². The first-order valence-corrected chi connectivity index (χ1v) is 7.05. The zero-order valence-electron chi connectivity index (χ0n) is 12.6. The van der Waals surface area contributed by atoms with Crippen LogP contribution in [-0.4, -0.2) is 41.5 Å². The molecular weight excluding hydrogens is 226 g/mol. The van der Waals surface area contributed by atoms with Crippen LogP contribution in [0.25, 0.3) is 0 Å². The Morgan fingerprint density at radius 3 is 2.28 bits per heavy atom. The van der Waals surface area contributed by atoms with E-state index < -0.39 is 0 Å². The maximum Gasteiger partial charge on any atom is 0.157 e. The van der Waals surface area contributed by atoms with Crippen molar-refractivity contribution in [3.05, 3.63) is 0 Å². The van der Waals surface area contributed by atoms with E-state index >= 15 is 0 Å². The summed E-state index contributed by atoms with van der Waals surface area (Å²) in [7, 11) is 0. The number of hydrogen-bond acceptors (Lipinski definition) is 3. The molecule has 2 aliphatic heterocycles. The van der Waals surface area contributed by atoms with Gasteiger partial charge in [0.25, 0.3) is 0 Å². The summed E-state index contributed by atoms with van der Waals surface area (Å²) in [4.78, 5) is 15.1. The van der Waals surface area contributed by atoms with E-state index in [0.717, 1.165) is 19.6 Å². The summed E-state index contributed by atoms with van der Waals surface area (Å²) in [6, 6.07) is -0.0579. The molecular formula is C15H27NO2. The molecule has 2 saturated heterocycles. The van der Waals surface area contributed by atoms with Crippen molar-refractivity contribution < 1.29 is 9.53 Å². The smallest absolute Gasteiger partial charge is 0.157 e. The Morgan fingerprint density at radius 1 is 1.17 bits per heavy atom. The molecule has 18 heavy (non-hydrogen) atoms. The quantitative estimate of drug-likeness (QED) is 0.719. The van der Waals surface area contributed by atoms with Gasteiger partial charge in [0.05, 0.1) is 12.1 Å². The number of carbonyl (C=O) groups is 1. The lowest BCUT2D eigenvalue weighted by Crippen LogP contribution is -2.54. The second kappa shape index (κ2) is 4.31. The third kappa shape index (κ3) is 2.35. The molecule has 2 heterocycles. The molecule has 3 unspecified atom stereocenters. The molecule has 0 aromatic rings. The summed E-state index contributed by atoms with van der Waals surface area (Å²) < 4.78 is 5.87. The lowest BCUT2D eigenvalue weighted by molar-refractivity contribution is -0.136. The molecule has 2 rings (SSSR count). The van der Waals surface area contributed by atoms with Gasteiger partial charge in [-0.05, 0) is 27.2 Å². The Kier molecular flexibility index (Phi) is 3.35. The van der Waals surface area contributed by atoms with E-state index in [2.05, 4.69) is 25.7 Å². The molecule has 3 nitrogen and oxygen atoms in total. The van der Waals surface area contributed by atoms with Crippen LogP contribution in [0.5, 0.6) is 0 Å². The molecule has 0 aliphatic carbocycles. The molecule has 0 saturated carbocycles. The van der Waals surface area contributed by atoms with E-state index in [0.29, 0.717) is 11.7 Å². The van der Waals surface area contributed by atoms with Gasteiger partial charge in [-0.15, -0.1) is 0 Å². The largest absolute Gasteiger partial charge is 0.376 e. The highest BCUT2D eigenvalue weighted by Gasteiger charge is 2.53. The third-order valence-corrected chi connectivity index (χ3v) is 4.21. The second-order valence-electron chi connectivity index (χ2n) is 7.77. The highest BCUT2D eigenvalue weighted by molar-refractivity contribution is 5.89. The van der Waals surface area contributed by atoms with Crippen LogP contribution in [0.15, 0.2) is 0 Å². The monoisotopic (exact) mass is 253 g/mol. The van der Waals surface area contributed by atoms with E-state index in [1.54, 1.807) is 0 Å². The van der Waals surface area contributed by atoms with E-state index in [-0.39, 0.29) is 23.1 Å². The Hall–Kier alpha value is -0.410. The first-order valence-electron chi connectivity index (χ1n) is 7.05. The summed E-state index contributed by atoms with van der Waals surface area (Å²) in [6.45, 7) is 14.4. The average Bonchev–Trinajstić information content (AvgIpc) is 2.71. The molecule has 2 fully saturated rings. The minimum Gasteiger partial charge on any atom is -0.376 e. The van der Waals surface area contributed by atoms with Crippen LogP contribution < -0.4 is 0 Å². The van der Waals surface area contributed by atoms with Gasteiger partial charge >= 0.3 is 0 Å². The lowest BCUT2D eigenvalue weighted by Gasteiger charge is -2.39. The number of fused-ring (bicyclic) bond motifs is 1. The van der Waals surface area contributed by atoms with Gasteiger partial charge < -0.3 is 4.74 Å². The van der Waals surface area contributed by atoms with Gasteiger partial charge in [0.15, 0.2) is 5.78 Å². The molecule has 0 aromatic carbocycles. The lowest BCUT2D eigenvalue weighted by atomic mass is 9.83. The van der Waals surface area contributed by atoms with Crippen LogP contribution in [0.2, 0.25) is 0 Å². The SMILES string of the molecule is CC(C)(C)C(=O)C1C2OCCC2CN1C(C)(C)C. The van der Waals surface area contributed by atoms with Crippen molar-refractivity contribution in [1.82, 2.24) is 4.90 Å². The standard InChI is InChI=1S/C15H27NO2/c1-14(2,3)13(17)11-12-10(7-8-18-12)9-16(11)15(4,5)6/h10-12H,7-9H2,1-6H3. The zero-order chi connectivity index (χ0) is 13.7. The number of ether oxygens (including phenoxy) is 1. The number of carbonyl (C=O) groups excluding carboxylic acids is 1. The Labute approximate surface area is 111 Å². The molecule has 0 aromatic heterocycles. The number of rotatable bonds is 1. The summed E-state index contributed by atoms with van der Waals surface area (Å²) in [5.41, 5.74) is -0.270. The number of ketones is 1. The fraction of sp³-hybridized carbons (Fsp3) is 0.933. The van der Waals surface area contributed by atoms with Crippen molar-refractivity contribution >= 4 is 5.78 Å². The van der Waals surface area contributed by atoms with Gasteiger partial charge in [0, 0.05) is 30.0 Å². The van der Waals surface area contributed by atoms with Crippen molar-refractivity contribution in [2.24, 2.45) is 11.3 Å². The van der Waals surface area contributed by atoms with Crippen LogP contribution in [-0.2, 0) is 9.53 Å². The van der Waals surface area contributed by atoms with Gasteiger partial charge in [-0.2, -0.15) is 0 Å². The van der Waals surface area contributed by atoms with Crippen molar-refractivity contribution in [1.29, 1.82) is 0 Å². The Bertz CT molecular complexity index is 337. The van der Waals surface area contributed by atoms with Crippen LogP contribution in [0.1, 0.15) is 48.0 Å². The normalized spacial score (nSPS) is 33.8. The second-order valence-corrected chi connectivity index (χ2v) is 7.77. The Balaban J connectivity index is 2.29. The van der Waals surface area contributed by atoms with Crippen molar-refractivity contribution in [2.75, 3.05) is 13.2 Å². The fourth-order valence-corrected chi connectivity index (χ4v) is 3.17. The summed E-state index contributed by atoms with van der Waals surface area (Å²) in [6.07, 6.45) is 1.22. The average molecular weight is 253 g/mol. The number of likely N-dealkylation sites (tertiary alicyclic amines) is 1. The molecule has 3 heteroatoms. The van der Waals surface area contributed by atoms with Gasteiger partial charge in [-0.25, -0.2) is 0 Å². The van der Waals surface area contributed by atoms with Gasteiger partial charge in [-0.1, -0.05) is 20.8 Å². The Morgan fingerprint density at radius 2 is 1.78 bits per heavy atom. The highest BCUT2D eigenvalue weighted by atomic mass is 16.5. The fourth-order valence-electron chi connectivity index (χ4n) is 3.17. The molecule has 0 N–H and O–H groups in total. The third-order valence-electron chi connectivity index (χ3n) is 4.21. The van der Waals surface area contributed by atoms with Crippen LogP contribution in [0.4, 0.5) is 0 Å². The highest BCUT2D eigenvalue weighted by Crippen LogP contribution is 2.40. The molecule has 0 bridgehead atoms. The number of nitrogens with zero attached hydrogens (tertiary/aromatic N) is 1. The van der Waals surface area contributed by atoms with Crippen molar-refractivity contribution in [2.45, 2.75) is 65.6 Å². The van der Waals surface area contributed by atoms with E-state index in [4.69, 9.17) is 4.74 Å². The van der Waals surface area contributed by atoms with Crippen molar-refractivity contribution in [3.8, 4) is 0 Å². The molecule has 0 amide bonds. The van der Waals surface area contributed by atoms with E-state index in [9.17, 15) is 4.79 Å². The van der Waals surface area contributed by atoms with Gasteiger partial charge in [0.1, 0.15) is 0 Å². The molecule has 0 spiro atoms. The molecule has 0 radical (unpaired) electrons. The number of Topliss-reactive ketones (excluding diaryl/α,β-unsaturated/α-hetero) is 1. The summed E-state index contributed by atoms with van der Waals surface area (Å²) in [5, 5.41) is 0.